The maximum Gasteiger partial charge on any atom is 0.326 e. The number of hydrogen-bond acceptors (Lipinski definition) is 5. The minimum Gasteiger partial charge on any atom is -0.480 e. The van der Waals surface area contributed by atoms with Gasteiger partial charge < -0.3 is 26.6 Å². The van der Waals surface area contributed by atoms with E-state index in [0.29, 0.717) is 25.2 Å². The highest BCUT2D eigenvalue weighted by Crippen LogP contribution is 2.01. The predicted octanol–water partition coefficient (Wildman–Crippen LogP) is 1.02. The lowest BCUT2D eigenvalue weighted by Crippen LogP contribution is -2.40. The van der Waals surface area contributed by atoms with Crippen LogP contribution < -0.4 is 16.4 Å². The van der Waals surface area contributed by atoms with E-state index in [4.69, 9.17) is 15.9 Å². The van der Waals surface area contributed by atoms with Crippen molar-refractivity contribution in [3.05, 3.63) is 36.7 Å². The summed E-state index contributed by atoms with van der Waals surface area (Å²) in [4.78, 5) is 22.8. The molecule has 136 valence electrons. The Balaban J connectivity index is 4.09. The van der Waals surface area contributed by atoms with Crippen molar-refractivity contribution in [2.75, 3.05) is 6.54 Å². The standard InChI is InChI=1S/C17H29N3O4/c1-13(21)9-6-4-3-5-7-11-16(22)20-15(17(23)24)10-8-12-19-14(2)18/h3,5,7,11,13,15,19,21H,2,4,6,8-10,12,18H2,1H3,(H,20,22)(H,23,24)/b5-3+,11-7+/t13-,15-/m0/s1. The topological polar surface area (TPSA) is 125 Å². The van der Waals surface area contributed by atoms with E-state index in [-0.39, 0.29) is 6.10 Å². The van der Waals surface area contributed by atoms with Gasteiger partial charge in [-0.25, -0.2) is 4.79 Å². The second-order valence-electron chi connectivity index (χ2n) is 5.56. The van der Waals surface area contributed by atoms with Crippen LogP contribution in [0.5, 0.6) is 0 Å². The first-order chi connectivity index (χ1) is 11.3. The van der Waals surface area contributed by atoms with Crippen LogP contribution in [0.4, 0.5) is 0 Å². The van der Waals surface area contributed by atoms with Crippen LogP contribution in [0.15, 0.2) is 36.7 Å². The molecule has 0 aromatic heterocycles. The first kappa shape index (κ1) is 21.7. The van der Waals surface area contributed by atoms with Crippen molar-refractivity contribution >= 4 is 11.9 Å². The SMILES string of the molecule is C=C(N)NCCC[C@H](NC(=O)/C=C/C=C/CCC[C@H](C)O)C(=O)O. The molecule has 0 aromatic rings. The Kier molecular flexibility index (Phi) is 11.9. The number of aliphatic hydroxyl groups is 1. The van der Waals surface area contributed by atoms with E-state index in [1.807, 2.05) is 6.08 Å². The molecule has 1 amide bonds. The van der Waals surface area contributed by atoms with Crippen molar-refractivity contribution in [2.24, 2.45) is 5.73 Å². The second kappa shape index (κ2) is 13.2. The van der Waals surface area contributed by atoms with Crippen molar-refractivity contribution in [3.8, 4) is 0 Å². The summed E-state index contributed by atoms with van der Waals surface area (Å²) in [7, 11) is 0. The van der Waals surface area contributed by atoms with E-state index in [1.165, 1.54) is 6.08 Å². The van der Waals surface area contributed by atoms with E-state index in [0.717, 1.165) is 19.3 Å². The van der Waals surface area contributed by atoms with Gasteiger partial charge in [-0.3, -0.25) is 4.79 Å². The van der Waals surface area contributed by atoms with Gasteiger partial charge in [-0.2, -0.15) is 0 Å². The molecule has 24 heavy (non-hydrogen) atoms. The Morgan fingerprint density at radius 3 is 2.54 bits per heavy atom. The molecule has 0 aromatic carbocycles. The summed E-state index contributed by atoms with van der Waals surface area (Å²) in [5.41, 5.74) is 5.34. The molecule has 0 bridgehead atoms. The lowest BCUT2D eigenvalue weighted by molar-refractivity contribution is -0.141. The number of aliphatic carboxylic acids is 1. The van der Waals surface area contributed by atoms with Crippen molar-refractivity contribution in [2.45, 2.75) is 51.2 Å². The summed E-state index contributed by atoms with van der Waals surface area (Å²) in [5, 5.41) is 23.5. The quantitative estimate of drug-likeness (QED) is 0.194. The Morgan fingerprint density at radius 1 is 1.25 bits per heavy atom. The molecule has 7 nitrogen and oxygen atoms in total. The van der Waals surface area contributed by atoms with Crippen LogP contribution in [-0.2, 0) is 9.59 Å². The van der Waals surface area contributed by atoms with Crippen LogP contribution in [0.3, 0.4) is 0 Å². The number of carboxylic acid groups (broad SMARTS) is 1. The summed E-state index contributed by atoms with van der Waals surface area (Å²) in [6.45, 7) is 5.72. The highest BCUT2D eigenvalue weighted by molar-refractivity contribution is 5.91. The van der Waals surface area contributed by atoms with Crippen LogP contribution in [0.1, 0.15) is 39.0 Å². The molecule has 0 aliphatic heterocycles. The third kappa shape index (κ3) is 13.4. The van der Waals surface area contributed by atoms with E-state index in [1.54, 1.807) is 19.1 Å². The van der Waals surface area contributed by atoms with Crippen molar-refractivity contribution in [1.29, 1.82) is 0 Å². The number of unbranched alkanes of at least 4 members (excludes halogenated alkanes) is 1. The van der Waals surface area contributed by atoms with E-state index >= 15 is 0 Å². The van der Waals surface area contributed by atoms with E-state index in [9.17, 15) is 9.59 Å². The molecule has 2 atom stereocenters. The number of nitrogens with one attached hydrogen (secondary N) is 2. The largest absolute Gasteiger partial charge is 0.480 e. The number of carboxylic acids is 1. The third-order valence-corrected chi connectivity index (χ3v) is 3.12. The summed E-state index contributed by atoms with van der Waals surface area (Å²) >= 11 is 0. The van der Waals surface area contributed by atoms with Crippen LogP contribution in [-0.4, -0.2) is 40.8 Å². The zero-order valence-corrected chi connectivity index (χ0v) is 14.2. The molecule has 0 aliphatic rings. The molecule has 0 unspecified atom stereocenters. The number of allylic oxidation sites excluding steroid dienone is 3. The van der Waals surface area contributed by atoms with E-state index in [2.05, 4.69) is 17.2 Å². The van der Waals surface area contributed by atoms with Gasteiger partial charge in [0, 0.05) is 12.6 Å². The normalized spacial score (nSPS) is 13.8. The number of hydrogen-bond donors (Lipinski definition) is 5. The third-order valence-electron chi connectivity index (χ3n) is 3.12. The van der Waals surface area contributed by atoms with Gasteiger partial charge in [0.15, 0.2) is 0 Å². The minimum atomic E-state index is -1.07. The number of nitrogens with two attached hydrogens (primary N) is 1. The van der Waals surface area contributed by atoms with Crippen LogP contribution in [0, 0.1) is 0 Å². The molecule has 0 heterocycles. The summed E-state index contributed by atoms with van der Waals surface area (Å²) in [6.07, 6.45) is 9.45. The highest BCUT2D eigenvalue weighted by Gasteiger charge is 2.17. The van der Waals surface area contributed by atoms with Gasteiger partial charge in [0.2, 0.25) is 5.91 Å². The predicted molar refractivity (Wildman–Crippen MR) is 93.9 cm³/mol. The molecule has 0 rings (SSSR count). The van der Waals surface area contributed by atoms with Gasteiger partial charge in [-0.1, -0.05) is 24.8 Å². The summed E-state index contributed by atoms with van der Waals surface area (Å²) in [5.74, 6) is -1.20. The molecule has 6 N–H and O–H groups in total. The van der Waals surface area contributed by atoms with Crippen LogP contribution in [0.25, 0.3) is 0 Å². The molecule has 0 saturated heterocycles. The first-order valence-electron chi connectivity index (χ1n) is 8.05. The van der Waals surface area contributed by atoms with Gasteiger partial charge in [-0.15, -0.1) is 0 Å². The fourth-order valence-electron chi connectivity index (χ4n) is 1.88. The van der Waals surface area contributed by atoms with Gasteiger partial charge in [0.05, 0.1) is 11.9 Å². The van der Waals surface area contributed by atoms with Gasteiger partial charge in [0.25, 0.3) is 0 Å². The Labute approximate surface area is 143 Å². The maximum atomic E-state index is 11.7. The molecule has 0 aliphatic carbocycles. The fourth-order valence-corrected chi connectivity index (χ4v) is 1.88. The van der Waals surface area contributed by atoms with Gasteiger partial charge in [-0.05, 0) is 39.0 Å². The summed E-state index contributed by atoms with van der Waals surface area (Å²) < 4.78 is 0. The first-order valence-corrected chi connectivity index (χ1v) is 8.05. The van der Waals surface area contributed by atoms with Gasteiger partial charge >= 0.3 is 5.97 Å². The number of carbonyl (C=O) groups excluding carboxylic acids is 1. The molecule has 0 radical (unpaired) electrons. The van der Waals surface area contributed by atoms with Crippen LogP contribution >= 0.6 is 0 Å². The Bertz CT molecular complexity index is 459. The van der Waals surface area contributed by atoms with Gasteiger partial charge in [0.1, 0.15) is 6.04 Å². The zero-order valence-electron chi connectivity index (χ0n) is 14.2. The number of amides is 1. The molecular formula is C17H29N3O4. The number of rotatable bonds is 13. The lowest BCUT2D eigenvalue weighted by atomic mass is 10.1. The molecular weight excluding hydrogens is 310 g/mol. The molecule has 0 spiro atoms. The molecule has 7 heteroatoms. The van der Waals surface area contributed by atoms with Crippen LogP contribution in [0.2, 0.25) is 0 Å². The number of carbonyl (C=O) groups is 2. The Morgan fingerprint density at radius 2 is 1.96 bits per heavy atom. The smallest absolute Gasteiger partial charge is 0.326 e. The fraction of sp³-hybridized carbons (Fsp3) is 0.529. The monoisotopic (exact) mass is 339 g/mol. The number of aliphatic hydroxyl groups excluding tert-OH is 1. The lowest BCUT2D eigenvalue weighted by Gasteiger charge is -2.13. The van der Waals surface area contributed by atoms with E-state index < -0.39 is 17.9 Å². The average Bonchev–Trinajstić information content (AvgIpc) is 2.48. The molecule has 0 fully saturated rings. The summed E-state index contributed by atoms with van der Waals surface area (Å²) in [6, 6.07) is -0.940. The van der Waals surface area contributed by atoms with Crippen molar-refractivity contribution < 1.29 is 19.8 Å². The van der Waals surface area contributed by atoms with Crippen molar-refractivity contribution in [1.82, 2.24) is 10.6 Å². The zero-order chi connectivity index (χ0) is 18.4. The average molecular weight is 339 g/mol. The maximum absolute atomic E-state index is 11.7. The second-order valence-corrected chi connectivity index (χ2v) is 5.56. The van der Waals surface area contributed by atoms with Crippen molar-refractivity contribution in [3.63, 3.8) is 0 Å². The minimum absolute atomic E-state index is 0.296. The highest BCUT2D eigenvalue weighted by atomic mass is 16.4. The molecule has 0 saturated carbocycles. The Hall–Kier alpha value is -2.28.